The van der Waals surface area contributed by atoms with Crippen LogP contribution in [0.5, 0.6) is 0 Å². The van der Waals surface area contributed by atoms with E-state index >= 15 is 0 Å². The summed E-state index contributed by atoms with van der Waals surface area (Å²) in [6, 6.07) is 4.19. The SMILES string of the molecule is CN(Cc1cc(Cl)cc(Cl)c1)C(=O)C(N)CCC(=O)O. The van der Waals surface area contributed by atoms with E-state index in [0.717, 1.165) is 5.56 Å². The Morgan fingerprint density at radius 3 is 2.35 bits per heavy atom. The lowest BCUT2D eigenvalue weighted by molar-refractivity contribution is -0.137. The van der Waals surface area contributed by atoms with Crippen LogP contribution >= 0.6 is 23.2 Å². The molecule has 0 saturated heterocycles. The Hall–Kier alpha value is -1.30. The molecule has 1 amide bonds. The number of hydrogen-bond acceptors (Lipinski definition) is 3. The van der Waals surface area contributed by atoms with E-state index in [2.05, 4.69) is 0 Å². The second kappa shape index (κ2) is 7.47. The number of aliphatic carboxylic acids is 1. The smallest absolute Gasteiger partial charge is 0.303 e. The van der Waals surface area contributed by atoms with Crippen molar-refractivity contribution in [3.05, 3.63) is 33.8 Å². The number of hydrogen-bond donors (Lipinski definition) is 2. The molecule has 1 aromatic carbocycles. The lowest BCUT2D eigenvalue weighted by Gasteiger charge is -2.21. The minimum atomic E-state index is -0.975. The van der Waals surface area contributed by atoms with Crippen molar-refractivity contribution in [2.75, 3.05) is 7.05 Å². The van der Waals surface area contributed by atoms with Crippen molar-refractivity contribution in [3.8, 4) is 0 Å². The quantitative estimate of drug-likeness (QED) is 0.841. The van der Waals surface area contributed by atoms with Gasteiger partial charge in [0.2, 0.25) is 5.91 Å². The molecule has 0 saturated carbocycles. The predicted octanol–water partition coefficient (Wildman–Crippen LogP) is 2.14. The highest BCUT2D eigenvalue weighted by Gasteiger charge is 2.19. The van der Waals surface area contributed by atoms with Gasteiger partial charge >= 0.3 is 5.97 Å². The second-order valence-corrected chi connectivity index (χ2v) is 5.38. The topological polar surface area (TPSA) is 83.6 Å². The third-order valence-corrected chi connectivity index (χ3v) is 3.14. The van der Waals surface area contributed by atoms with Crippen LogP contribution in [-0.2, 0) is 16.1 Å². The highest BCUT2D eigenvalue weighted by atomic mass is 35.5. The van der Waals surface area contributed by atoms with Gasteiger partial charge in [0.25, 0.3) is 0 Å². The van der Waals surface area contributed by atoms with E-state index in [1.165, 1.54) is 4.90 Å². The van der Waals surface area contributed by atoms with E-state index in [9.17, 15) is 9.59 Å². The second-order valence-electron chi connectivity index (χ2n) is 4.51. The third kappa shape index (κ3) is 5.36. The fourth-order valence-corrected chi connectivity index (χ4v) is 2.31. The molecule has 0 radical (unpaired) electrons. The van der Waals surface area contributed by atoms with E-state index in [0.29, 0.717) is 16.6 Å². The van der Waals surface area contributed by atoms with Crippen molar-refractivity contribution in [3.63, 3.8) is 0 Å². The Balaban J connectivity index is 2.62. The lowest BCUT2D eigenvalue weighted by atomic mass is 10.1. The molecule has 0 aliphatic rings. The van der Waals surface area contributed by atoms with Crippen molar-refractivity contribution in [1.82, 2.24) is 4.90 Å². The van der Waals surface area contributed by atoms with Crippen LogP contribution in [0.3, 0.4) is 0 Å². The summed E-state index contributed by atoms with van der Waals surface area (Å²) >= 11 is 11.8. The number of carboxylic acids is 1. The third-order valence-electron chi connectivity index (χ3n) is 2.70. The van der Waals surface area contributed by atoms with E-state index < -0.39 is 12.0 Å². The molecule has 3 N–H and O–H groups in total. The van der Waals surface area contributed by atoms with E-state index in [4.69, 9.17) is 34.0 Å². The Bertz CT molecular complexity index is 488. The van der Waals surface area contributed by atoms with Crippen molar-refractivity contribution < 1.29 is 14.7 Å². The molecule has 20 heavy (non-hydrogen) atoms. The zero-order valence-corrected chi connectivity index (χ0v) is 12.5. The molecule has 1 atom stereocenters. The first kappa shape index (κ1) is 16.8. The van der Waals surface area contributed by atoms with Crippen molar-refractivity contribution >= 4 is 35.1 Å². The summed E-state index contributed by atoms with van der Waals surface area (Å²) in [5, 5.41) is 9.55. The molecule has 5 nitrogen and oxygen atoms in total. The maximum Gasteiger partial charge on any atom is 0.303 e. The molecule has 0 fully saturated rings. The van der Waals surface area contributed by atoms with Crippen LogP contribution in [0.4, 0.5) is 0 Å². The van der Waals surface area contributed by atoms with Gasteiger partial charge in [0.15, 0.2) is 0 Å². The molecule has 1 rings (SSSR count). The predicted molar refractivity (Wildman–Crippen MR) is 77.8 cm³/mol. The first-order chi connectivity index (χ1) is 9.29. The molecule has 0 aromatic heterocycles. The highest BCUT2D eigenvalue weighted by molar-refractivity contribution is 6.34. The summed E-state index contributed by atoms with van der Waals surface area (Å²) in [7, 11) is 1.60. The number of rotatable bonds is 6. The number of nitrogens with two attached hydrogens (primary N) is 1. The molecule has 7 heteroatoms. The molecule has 1 unspecified atom stereocenters. The number of nitrogens with zero attached hydrogens (tertiary/aromatic N) is 1. The van der Waals surface area contributed by atoms with Crippen molar-refractivity contribution in [2.24, 2.45) is 5.73 Å². The van der Waals surface area contributed by atoms with E-state index in [1.807, 2.05) is 0 Å². The van der Waals surface area contributed by atoms with Crippen LogP contribution in [0, 0.1) is 0 Å². The standard InChI is InChI=1S/C13H16Cl2N2O3/c1-17(13(20)11(16)2-3-12(18)19)7-8-4-9(14)6-10(15)5-8/h4-6,11H,2-3,7,16H2,1H3,(H,18,19). The molecule has 0 heterocycles. The number of carbonyl (C=O) groups is 2. The van der Waals surface area contributed by atoms with Gasteiger partial charge in [0.1, 0.15) is 0 Å². The van der Waals surface area contributed by atoms with E-state index in [1.54, 1.807) is 25.2 Å². The van der Waals surface area contributed by atoms with Gasteiger partial charge in [-0.2, -0.15) is 0 Å². The van der Waals surface area contributed by atoms with Crippen LogP contribution in [0.1, 0.15) is 18.4 Å². The van der Waals surface area contributed by atoms with Gasteiger partial charge in [-0.3, -0.25) is 9.59 Å². The number of halogens is 2. The fourth-order valence-electron chi connectivity index (χ4n) is 1.74. The Morgan fingerprint density at radius 1 is 1.30 bits per heavy atom. The summed E-state index contributed by atoms with van der Waals surface area (Å²) < 4.78 is 0. The zero-order valence-electron chi connectivity index (χ0n) is 11.0. The fraction of sp³-hybridized carbons (Fsp3) is 0.385. The Kier molecular flexibility index (Phi) is 6.26. The van der Waals surface area contributed by atoms with Crippen molar-refractivity contribution in [2.45, 2.75) is 25.4 Å². The maximum atomic E-state index is 12.0. The average Bonchev–Trinajstić information content (AvgIpc) is 2.33. The normalized spacial score (nSPS) is 12.0. The van der Waals surface area contributed by atoms with Crippen LogP contribution < -0.4 is 5.73 Å². The van der Waals surface area contributed by atoms with Gasteiger partial charge in [-0.25, -0.2) is 0 Å². The summed E-state index contributed by atoms with van der Waals surface area (Å²) in [6.45, 7) is 0.305. The molecular formula is C13H16Cl2N2O3. The zero-order chi connectivity index (χ0) is 15.3. The van der Waals surface area contributed by atoms with Gasteiger partial charge in [0, 0.05) is 30.1 Å². The Morgan fingerprint density at radius 2 is 1.85 bits per heavy atom. The number of carbonyl (C=O) groups excluding carboxylic acids is 1. The van der Waals surface area contributed by atoms with Crippen LogP contribution in [0.25, 0.3) is 0 Å². The molecule has 1 aromatic rings. The lowest BCUT2D eigenvalue weighted by Crippen LogP contribution is -2.41. The summed E-state index contributed by atoms with van der Waals surface area (Å²) in [6.07, 6.45) is -0.0292. The molecule has 110 valence electrons. The minimum Gasteiger partial charge on any atom is -0.481 e. The van der Waals surface area contributed by atoms with Gasteiger partial charge in [-0.15, -0.1) is 0 Å². The van der Waals surface area contributed by atoms with E-state index in [-0.39, 0.29) is 18.7 Å². The molecule has 0 spiro atoms. The molecule has 0 aliphatic heterocycles. The number of carboxylic acid groups (broad SMARTS) is 1. The highest BCUT2D eigenvalue weighted by Crippen LogP contribution is 2.20. The van der Waals surface area contributed by atoms with Gasteiger partial charge in [-0.05, 0) is 30.2 Å². The first-order valence-electron chi connectivity index (χ1n) is 5.97. The van der Waals surface area contributed by atoms with Crippen molar-refractivity contribution in [1.29, 1.82) is 0 Å². The molecular weight excluding hydrogens is 303 g/mol. The molecule has 0 aliphatic carbocycles. The summed E-state index contributed by atoms with van der Waals surface area (Å²) in [5.41, 5.74) is 6.45. The van der Waals surface area contributed by atoms with Crippen LogP contribution in [-0.4, -0.2) is 35.0 Å². The number of likely N-dealkylation sites (N-methyl/N-ethyl adjacent to an activating group) is 1. The largest absolute Gasteiger partial charge is 0.481 e. The maximum absolute atomic E-state index is 12.0. The van der Waals surface area contributed by atoms with Gasteiger partial charge in [-0.1, -0.05) is 23.2 Å². The summed E-state index contributed by atoms with van der Waals surface area (Å²) in [5.74, 6) is -1.29. The minimum absolute atomic E-state index is 0.106. The van der Waals surface area contributed by atoms with Gasteiger partial charge < -0.3 is 15.7 Å². The monoisotopic (exact) mass is 318 g/mol. The first-order valence-corrected chi connectivity index (χ1v) is 6.72. The van der Waals surface area contributed by atoms with Crippen LogP contribution in [0.2, 0.25) is 10.0 Å². The number of benzene rings is 1. The average molecular weight is 319 g/mol. The van der Waals surface area contributed by atoms with Crippen LogP contribution in [0.15, 0.2) is 18.2 Å². The molecule has 0 bridgehead atoms. The number of amides is 1. The Labute approximate surface area is 127 Å². The summed E-state index contributed by atoms with van der Waals surface area (Å²) in [4.78, 5) is 23.8. The van der Waals surface area contributed by atoms with Gasteiger partial charge in [0.05, 0.1) is 6.04 Å².